The molecule has 150 valence electrons. The summed E-state index contributed by atoms with van der Waals surface area (Å²) in [5.74, 6) is -0.263. The molecule has 3 rings (SSSR count). The van der Waals surface area contributed by atoms with Gasteiger partial charge in [-0.3, -0.25) is 25.0 Å². The third-order valence-electron chi connectivity index (χ3n) is 3.80. The Morgan fingerprint density at radius 3 is 2.69 bits per heavy atom. The fraction of sp³-hybridized carbons (Fsp3) is 0.158. The van der Waals surface area contributed by atoms with Gasteiger partial charge < -0.3 is 5.32 Å². The van der Waals surface area contributed by atoms with Gasteiger partial charge in [-0.1, -0.05) is 41.6 Å². The summed E-state index contributed by atoms with van der Waals surface area (Å²) >= 11 is 12.2. The van der Waals surface area contributed by atoms with Gasteiger partial charge in [0.15, 0.2) is 10.3 Å². The number of nitrogens with one attached hydrogen (secondary N) is 3. The van der Waals surface area contributed by atoms with Gasteiger partial charge in [-0.25, -0.2) is 4.98 Å². The van der Waals surface area contributed by atoms with Gasteiger partial charge in [-0.15, -0.1) is 0 Å². The molecule has 1 aromatic heterocycles. The van der Waals surface area contributed by atoms with Crippen LogP contribution in [0.25, 0.3) is 16.6 Å². The number of carbonyl (C=O) groups is 1. The number of nitrogens with zero attached hydrogens (tertiary/aromatic N) is 2. The van der Waals surface area contributed by atoms with E-state index in [0.29, 0.717) is 38.4 Å². The molecule has 0 aliphatic rings. The summed E-state index contributed by atoms with van der Waals surface area (Å²) < 4.78 is 1.48. The Labute approximate surface area is 181 Å². The third-order valence-corrected chi connectivity index (χ3v) is 5.22. The van der Waals surface area contributed by atoms with Crippen LogP contribution in [0.4, 0.5) is 0 Å². The van der Waals surface area contributed by atoms with Crippen molar-refractivity contribution >= 4 is 57.5 Å². The lowest BCUT2D eigenvalue weighted by Gasteiger charge is -2.14. The largest absolute Gasteiger partial charge is 0.362 e. The number of hydrogen-bond donors (Lipinski definition) is 3. The Morgan fingerprint density at radius 1 is 1.21 bits per heavy atom. The molecular weight excluding hydrogens is 430 g/mol. The quantitative estimate of drug-likeness (QED) is 0.240. The van der Waals surface area contributed by atoms with Crippen molar-refractivity contribution in [2.75, 3.05) is 12.3 Å². The number of amides is 1. The van der Waals surface area contributed by atoms with Crippen molar-refractivity contribution in [3.05, 3.63) is 63.9 Å². The minimum absolute atomic E-state index is 0.0418. The number of para-hydroxylation sites is 1. The first-order valence-electron chi connectivity index (χ1n) is 8.73. The molecule has 10 heteroatoms. The molecular formula is C19H18ClN5O2S2. The summed E-state index contributed by atoms with van der Waals surface area (Å²) in [7, 11) is 0. The molecule has 3 aromatic rings. The number of carbonyl (C=O) groups excluding carboxylic acids is 1. The number of halogens is 1. The summed E-state index contributed by atoms with van der Waals surface area (Å²) in [6.45, 7) is 2.54. The number of benzene rings is 2. The minimum Gasteiger partial charge on any atom is -0.362 e. The summed E-state index contributed by atoms with van der Waals surface area (Å²) in [4.78, 5) is 29.9. The highest BCUT2D eigenvalue weighted by Gasteiger charge is 2.15. The number of fused-ring (bicyclic) bond motifs is 1. The van der Waals surface area contributed by atoms with Crippen LogP contribution in [-0.4, -0.2) is 32.9 Å². The predicted octanol–water partition coefficient (Wildman–Crippen LogP) is 2.65. The number of thioether (sulfide) groups is 1. The van der Waals surface area contributed by atoms with E-state index >= 15 is 0 Å². The Bertz CT molecular complexity index is 1100. The van der Waals surface area contributed by atoms with Crippen molar-refractivity contribution in [2.24, 2.45) is 0 Å². The summed E-state index contributed by atoms with van der Waals surface area (Å²) in [6, 6.07) is 14.1. The fourth-order valence-electron chi connectivity index (χ4n) is 2.54. The minimum atomic E-state index is -0.305. The number of aromatic nitrogens is 2. The van der Waals surface area contributed by atoms with E-state index in [0.717, 1.165) is 11.8 Å². The summed E-state index contributed by atoms with van der Waals surface area (Å²) in [6.07, 6.45) is 0. The molecule has 1 amide bonds. The van der Waals surface area contributed by atoms with Crippen LogP contribution < -0.4 is 21.7 Å². The molecule has 0 fully saturated rings. The average Bonchev–Trinajstić information content (AvgIpc) is 2.72. The number of rotatable bonds is 5. The van der Waals surface area contributed by atoms with Gasteiger partial charge >= 0.3 is 0 Å². The highest BCUT2D eigenvalue weighted by Crippen LogP contribution is 2.22. The maximum absolute atomic E-state index is 13.1. The zero-order valence-corrected chi connectivity index (χ0v) is 17.8. The molecule has 7 nitrogen and oxygen atoms in total. The lowest BCUT2D eigenvalue weighted by Crippen LogP contribution is -2.47. The maximum Gasteiger partial charge on any atom is 0.266 e. The SMILES string of the molecule is CCNC(=S)NNC(=O)CSc1nc2ccc(Cl)cc2c(=O)n1-c1ccccc1. The zero-order chi connectivity index (χ0) is 20.8. The van der Waals surface area contributed by atoms with E-state index in [1.54, 1.807) is 30.3 Å². The molecule has 0 saturated carbocycles. The van der Waals surface area contributed by atoms with Gasteiger partial charge in [0, 0.05) is 11.6 Å². The van der Waals surface area contributed by atoms with E-state index in [1.165, 1.54) is 4.57 Å². The van der Waals surface area contributed by atoms with Crippen LogP contribution >= 0.6 is 35.6 Å². The number of hydrazine groups is 1. The molecule has 0 bridgehead atoms. The smallest absolute Gasteiger partial charge is 0.266 e. The Hall–Kier alpha value is -2.62. The highest BCUT2D eigenvalue weighted by atomic mass is 35.5. The standard InChI is InChI=1S/C19H18ClN5O2S2/c1-2-21-18(28)24-23-16(26)11-29-19-22-15-9-8-12(20)10-14(15)17(27)25(19)13-6-4-3-5-7-13/h3-10H,2,11H2,1H3,(H,23,26)(H2,21,24,28). The first-order chi connectivity index (χ1) is 14.0. The van der Waals surface area contributed by atoms with E-state index in [4.69, 9.17) is 23.8 Å². The van der Waals surface area contributed by atoms with Crippen molar-refractivity contribution < 1.29 is 4.79 Å². The van der Waals surface area contributed by atoms with E-state index in [-0.39, 0.29) is 17.2 Å². The van der Waals surface area contributed by atoms with E-state index in [1.807, 2.05) is 25.1 Å². The molecule has 0 radical (unpaired) electrons. The van der Waals surface area contributed by atoms with Crippen LogP contribution in [0.15, 0.2) is 58.5 Å². The fourth-order valence-corrected chi connectivity index (χ4v) is 3.72. The van der Waals surface area contributed by atoms with Crippen LogP contribution in [0.3, 0.4) is 0 Å². The second-order valence-corrected chi connectivity index (χ2v) is 7.64. The first kappa shape index (κ1) is 21.1. The molecule has 3 N–H and O–H groups in total. The lowest BCUT2D eigenvalue weighted by molar-refractivity contribution is -0.119. The van der Waals surface area contributed by atoms with Gasteiger partial charge in [-0.2, -0.15) is 0 Å². The average molecular weight is 448 g/mol. The van der Waals surface area contributed by atoms with Gasteiger partial charge in [0.05, 0.1) is 22.3 Å². The van der Waals surface area contributed by atoms with Crippen LogP contribution in [0.2, 0.25) is 5.02 Å². The molecule has 0 atom stereocenters. The van der Waals surface area contributed by atoms with Crippen molar-refractivity contribution in [3.8, 4) is 5.69 Å². The predicted molar refractivity (Wildman–Crippen MR) is 121 cm³/mol. The molecule has 2 aromatic carbocycles. The number of hydrogen-bond acceptors (Lipinski definition) is 5. The van der Waals surface area contributed by atoms with Crippen molar-refractivity contribution in [1.29, 1.82) is 0 Å². The normalized spacial score (nSPS) is 10.6. The molecule has 0 unspecified atom stereocenters. The van der Waals surface area contributed by atoms with Crippen LogP contribution in [0.1, 0.15) is 6.92 Å². The van der Waals surface area contributed by atoms with Gasteiger partial charge in [-0.05, 0) is 49.5 Å². The molecule has 0 saturated heterocycles. The summed E-state index contributed by atoms with van der Waals surface area (Å²) in [5.41, 5.74) is 6.04. The topological polar surface area (TPSA) is 88.1 Å². The molecule has 0 spiro atoms. The van der Waals surface area contributed by atoms with Crippen LogP contribution in [-0.2, 0) is 4.79 Å². The van der Waals surface area contributed by atoms with Crippen molar-refractivity contribution in [2.45, 2.75) is 12.1 Å². The van der Waals surface area contributed by atoms with Crippen molar-refractivity contribution in [3.63, 3.8) is 0 Å². The van der Waals surface area contributed by atoms with E-state index in [9.17, 15) is 9.59 Å². The number of thiocarbonyl (C=S) groups is 1. The highest BCUT2D eigenvalue weighted by molar-refractivity contribution is 7.99. The summed E-state index contributed by atoms with van der Waals surface area (Å²) in [5, 5.41) is 4.46. The van der Waals surface area contributed by atoms with E-state index in [2.05, 4.69) is 21.2 Å². The second-order valence-electron chi connectivity index (χ2n) is 5.85. The Kier molecular flexibility index (Phi) is 7.08. The molecule has 0 aliphatic carbocycles. The Balaban J connectivity index is 1.90. The Morgan fingerprint density at radius 2 is 1.97 bits per heavy atom. The maximum atomic E-state index is 13.1. The monoisotopic (exact) mass is 447 g/mol. The molecule has 1 heterocycles. The molecule has 0 aliphatic heterocycles. The second kappa shape index (κ2) is 9.73. The van der Waals surface area contributed by atoms with Crippen molar-refractivity contribution in [1.82, 2.24) is 25.7 Å². The van der Waals surface area contributed by atoms with Crippen LogP contribution in [0.5, 0.6) is 0 Å². The van der Waals surface area contributed by atoms with Gasteiger partial charge in [0.1, 0.15) is 0 Å². The van der Waals surface area contributed by atoms with Gasteiger partial charge in [0.25, 0.3) is 5.56 Å². The molecule has 29 heavy (non-hydrogen) atoms. The van der Waals surface area contributed by atoms with Gasteiger partial charge in [0.2, 0.25) is 5.91 Å². The third kappa shape index (κ3) is 5.26. The zero-order valence-electron chi connectivity index (χ0n) is 15.4. The van der Waals surface area contributed by atoms with Crippen LogP contribution in [0, 0.1) is 0 Å². The van der Waals surface area contributed by atoms with E-state index < -0.39 is 0 Å². The lowest BCUT2D eigenvalue weighted by atomic mass is 10.2. The first-order valence-corrected chi connectivity index (χ1v) is 10.5.